The topological polar surface area (TPSA) is 64.0 Å². The van der Waals surface area contributed by atoms with Crippen LogP contribution in [-0.2, 0) is 16.2 Å². The van der Waals surface area contributed by atoms with Crippen LogP contribution in [0.1, 0.15) is 79.2 Å². The van der Waals surface area contributed by atoms with Gasteiger partial charge in [-0.1, -0.05) is 26.0 Å². The van der Waals surface area contributed by atoms with Gasteiger partial charge < -0.3 is 0 Å². The number of hydrogen-bond acceptors (Lipinski definition) is 3. The van der Waals surface area contributed by atoms with Gasteiger partial charge in [0.1, 0.15) is 0 Å². The van der Waals surface area contributed by atoms with Gasteiger partial charge in [-0.25, -0.2) is 17.8 Å². The summed E-state index contributed by atoms with van der Waals surface area (Å²) < 4.78 is 68.0. The molecule has 0 aliphatic carbocycles. The minimum atomic E-state index is -4.61. The monoisotopic (exact) mass is 504 g/mol. The van der Waals surface area contributed by atoms with E-state index < -0.39 is 21.9 Å². The van der Waals surface area contributed by atoms with Crippen LogP contribution < -0.4 is 4.72 Å². The second kappa shape index (κ2) is 8.12. The molecule has 0 bridgehead atoms. The first-order valence-electron chi connectivity index (χ1n) is 9.68. The molecule has 3 rings (SSSR count). The second-order valence-electron chi connectivity index (χ2n) is 7.71. The summed E-state index contributed by atoms with van der Waals surface area (Å²) in [5, 5.41) is 3.80. The molecule has 9 heteroatoms. The average molecular weight is 504 g/mol. The first-order chi connectivity index (χ1) is 14.3. The van der Waals surface area contributed by atoms with Crippen molar-refractivity contribution in [3.8, 4) is 16.9 Å². The number of aryl methyl sites for hydroxylation is 2. The molecule has 31 heavy (non-hydrogen) atoms. The van der Waals surface area contributed by atoms with Crippen molar-refractivity contribution in [1.82, 2.24) is 14.5 Å². The van der Waals surface area contributed by atoms with Gasteiger partial charge in [-0.2, -0.15) is 18.3 Å². The lowest BCUT2D eigenvalue weighted by Crippen LogP contribution is -2.19. The number of halogens is 3. The fourth-order valence-electron chi connectivity index (χ4n) is 3.58. The number of alkyl halides is 3. The van der Waals surface area contributed by atoms with Crippen LogP contribution in [0.4, 0.5) is 13.2 Å². The van der Waals surface area contributed by atoms with Gasteiger partial charge >= 0.3 is 6.18 Å². The molecular weight excluding hydrogens is 427 g/mol. The minimum absolute atomic E-state index is 0. The van der Waals surface area contributed by atoms with Crippen LogP contribution in [0, 0.1) is 13.8 Å². The van der Waals surface area contributed by atoms with E-state index in [1.165, 1.54) is 29.9 Å². The molecule has 0 saturated carbocycles. The first kappa shape index (κ1) is 23.0. The van der Waals surface area contributed by atoms with Crippen molar-refractivity contribution >= 4 is 10.0 Å². The van der Waals surface area contributed by atoms with Crippen LogP contribution in [-0.4, -0.2) is 25.2 Å². The Balaban J connectivity index is -0.0000000190. The van der Waals surface area contributed by atoms with Crippen molar-refractivity contribution < 1.29 is 58.7 Å². The third-order valence-electron chi connectivity index (χ3n) is 5.15. The maximum Gasteiger partial charge on any atom is 0.435 e. The van der Waals surface area contributed by atoms with Gasteiger partial charge in [0.15, 0.2) is 5.69 Å². The van der Waals surface area contributed by atoms with E-state index in [1.54, 1.807) is 13.0 Å². The van der Waals surface area contributed by atoms with E-state index in [1.807, 2.05) is 19.1 Å². The van der Waals surface area contributed by atoms with Crippen molar-refractivity contribution in [2.45, 2.75) is 44.7 Å². The molecule has 0 aliphatic heterocycles. The molecule has 1 aromatic heterocycles. The zero-order valence-electron chi connectivity index (χ0n) is 17.9. The largest absolute Gasteiger partial charge is 0.435 e. The molecule has 0 spiro atoms. The molecule has 0 fully saturated rings. The molecule has 1 N–H and O–H groups in total. The summed E-state index contributed by atoms with van der Waals surface area (Å²) in [6.07, 6.45) is -4.61. The highest BCUT2D eigenvalue weighted by Gasteiger charge is 2.35. The lowest BCUT2D eigenvalue weighted by atomic mass is 9.95. The summed E-state index contributed by atoms with van der Waals surface area (Å²) in [4.78, 5) is 0.0561. The number of nitrogens with one attached hydrogen (secondary N) is 1. The van der Waals surface area contributed by atoms with E-state index >= 15 is 0 Å². The van der Waals surface area contributed by atoms with E-state index in [9.17, 15) is 21.6 Å². The lowest BCUT2D eigenvalue weighted by molar-refractivity contribution is -0.141. The quantitative estimate of drug-likeness (QED) is 0.376. The zero-order valence-corrected chi connectivity index (χ0v) is 18.7. The molecule has 0 atom stereocenters. The van der Waals surface area contributed by atoms with Gasteiger partial charge in [0, 0.05) is 42.7 Å². The summed E-state index contributed by atoms with van der Waals surface area (Å²) in [7, 11) is -2.39. The summed E-state index contributed by atoms with van der Waals surface area (Å²) in [6.45, 7) is 7.62. The number of aromatic nitrogens is 2. The van der Waals surface area contributed by atoms with Crippen LogP contribution in [0.2, 0.25) is 0 Å². The van der Waals surface area contributed by atoms with Crippen LogP contribution >= 0.6 is 0 Å². The van der Waals surface area contributed by atoms with E-state index in [2.05, 4.69) is 23.7 Å². The third kappa shape index (κ3) is 4.52. The second-order valence-corrected chi connectivity index (χ2v) is 9.56. The highest BCUT2D eigenvalue weighted by atomic mass is 32.2. The van der Waals surface area contributed by atoms with Crippen molar-refractivity contribution in [3.05, 3.63) is 64.8 Å². The summed E-state index contributed by atoms with van der Waals surface area (Å²) in [5.74, 6) is 0.286. The zero-order chi connectivity index (χ0) is 23.1. The van der Waals surface area contributed by atoms with Gasteiger partial charge in [0.2, 0.25) is 10.0 Å². The molecular formula is C22H76F3N3O2S. The highest BCUT2D eigenvalue weighted by molar-refractivity contribution is 7.89. The van der Waals surface area contributed by atoms with Crippen LogP contribution in [0.3, 0.4) is 0 Å². The van der Waals surface area contributed by atoms with Gasteiger partial charge in [-0.3, -0.25) is 0 Å². The molecule has 0 unspecified atom stereocenters. The fourth-order valence-corrected chi connectivity index (χ4v) is 4.53. The molecule has 1 heterocycles. The predicted molar refractivity (Wildman–Crippen MR) is 169 cm³/mol. The van der Waals surface area contributed by atoms with Crippen LogP contribution in [0.5, 0.6) is 0 Å². The number of benzene rings is 2. The van der Waals surface area contributed by atoms with E-state index in [4.69, 9.17) is 0 Å². The molecule has 0 radical (unpaired) electrons. The Labute approximate surface area is 218 Å². The summed E-state index contributed by atoms with van der Waals surface area (Å²) in [5.41, 5.74) is 2.67. The Morgan fingerprint density at radius 3 is 2.23 bits per heavy atom. The normalized spacial score (nSPS) is 12.5. The van der Waals surface area contributed by atoms with Crippen molar-refractivity contribution in [2.75, 3.05) is 7.05 Å². The van der Waals surface area contributed by atoms with E-state index in [0.717, 1.165) is 17.2 Å². The van der Waals surface area contributed by atoms with Crippen molar-refractivity contribution in [1.29, 1.82) is 0 Å². The maximum atomic E-state index is 13.4. The molecule has 0 aliphatic rings. The Kier molecular flexibility index (Phi) is 6.03. The first-order valence-corrected chi connectivity index (χ1v) is 11.2. The number of sulfonamides is 1. The molecule has 0 saturated heterocycles. The van der Waals surface area contributed by atoms with Gasteiger partial charge in [0.05, 0.1) is 16.3 Å². The number of hydrogen-bond donors (Lipinski definition) is 1. The van der Waals surface area contributed by atoms with Crippen LogP contribution in [0.25, 0.3) is 16.9 Å². The highest BCUT2D eigenvalue weighted by Crippen LogP contribution is 2.35. The molecule has 5 nitrogen and oxygen atoms in total. The Hall–Kier alpha value is -2.65. The molecule has 2 aromatic carbocycles. The standard InChI is InChI=1S/C22H24F3N3O2S.26H2/c1-13(2)18-8-6-16(10-14(18)3)19-12-21(22(23,24)25)27-28(19)17-7-9-20(15(4)11-17)31(29,30)26-5;;;;;;;;;;;;;;;;;;;;;;;;;;/h6-13,26H,1-5H3;26*1H. The van der Waals surface area contributed by atoms with Crippen molar-refractivity contribution in [2.24, 2.45) is 0 Å². The third-order valence-corrected chi connectivity index (χ3v) is 6.72. The van der Waals surface area contributed by atoms with Gasteiger partial charge in [0.25, 0.3) is 0 Å². The average Bonchev–Trinajstić information content (AvgIpc) is 3.13. The predicted octanol–water partition coefficient (Wildman–Crippen LogP) is 11.6. The van der Waals surface area contributed by atoms with E-state index in [0.29, 0.717) is 16.8 Å². The Morgan fingerprint density at radius 2 is 1.71 bits per heavy atom. The molecule has 0 amide bonds. The van der Waals surface area contributed by atoms with E-state index in [-0.39, 0.29) is 53.6 Å². The number of rotatable bonds is 5. The molecule has 3 aromatic rings. The SMILES string of the molecule is CNS(=O)(=O)c1ccc(-n2nc(C(F)(F)F)cc2-c2ccc(C(C)C)c(C)c2)cc1C.[HH].[HH].[HH].[HH].[HH].[HH].[HH].[HH].[HH].[HH].[HH].[HH].[HH].[HH].[HH].[HH].[HH].[HH].[HH].[HH].[HH].[HH].[HH].[HH].[HH].[HH]. The van der Waals surface area contributed by atoms with Gasteiger partial charge in [-0.15, -0.1) is 0 Å². The fraction of sp³-hybridized carbons (Fsp3) is 0.318. The molecule has 218 valence electrons. The maximum absolute atomic E-state index is 13.4. The number of nitrogens with zero attached hydrogens (tertiary/aromatic N) is 2. The smallest absolute Gasteiger partial charge is 0.232 e. The Bertz CT molecular complexity index is 1290. The lowest BCUT2D eigenvalue weighted by Gasteiger charge is -2.14. The van der Waals surface area contributed by atoms with Crippen LogP contribution in [0.15, 0.2) is 47.4 Å². The van der Waals surface area contributed by atoms with Gasteiger partial charge in [-0.05, 0) is 73.8 Å². The minimum Gasteiger partial charge on any atom is -0.232 e. The summed E-state index contributed by atoms with van der Waals surface area (Å²) in [6, 6.07) is 10.9. The summed E-state index contributed by atoms with van der Waals surface area (Å²) >= 11 is 0. The van der Waals surface area contributed by atoms with Crippen molar-refractivity contribution in [3.63, 3.8) is 0 Å². The Morgan fingerprint density at radius 1 is 1.03 bits per heavy atom.